The summed E-state index contributed by atoms with van der Waals surface area (Å²) < 4.78 is 70.2. The van der Waals surface area contributed by atoms with Crippen LogP contribution in [0.1, 0.15) is 55.7 Å². The molecule has 7 nitrogen and oxygen atoms in total. The summed E-state index contributed by atoms with van der Waals surface area (Å²) in [6.45, 7) is 2.44. The molecule has 1 aliphatic carbocycles. The Kier molecular flexibility index (Phi) is 11.1. The summed E-state index contributed by atoms with van der Waals surface area (Å²) in [5.41, 5.74) is -0.402. The zero-order valence-electron chi connectivity index (χ0n) is 24.8. The predicted octanol–water partition coefficient (Wildman–Crippen LogP) is 7.38. The van der Waals surface area contributed by atoms with Crippen LogP contribution in [0.15, 0.2) is 71.6 Å². The van der Waals surface area contributed by atoms with Gasteiger partial charge in [0.25, 0.3) is 10.0 Å². The van der Waals surface area contributed by atoms with Crippen molar-refractivity contribution in [3.8, 4) is 0 Å². The lowest BCUT2D eigenvalue weighted by molar-refractivity contribution is -0.140. The maximum Gasteiger partial charge on any atom is 0.417 e. The third-order valence-corrected chi connectivity index (χ3v) is 10.3. The minimum absolute atomic E-state index is 0.0444. The standard InChI is InChI=1S/C32H34Cl2F3N3O4S/c1-3-29(31(42)38-23-9-5-6-10-23)39(19-22-8-4-7-11-27(22)33)30(41)20-40(45(43,44)25-15-12-21(2)13-16-25)24-14-17-28(34)26(18-24)32(35,36)37/h4,7-8,11-18,23,29H,3,5-6,9-10,19-20H2,1-2H3,(H,38,42). The van der Waals surface area contributed by atoms with Crippen molar-refractivity contribution >= 4 is 50.7 Å². The van der Waals surface area contributed by atoms with E-state index in [0.717, 1.165) is 43.4 Å². The first-order chi connectivity index (χ1) is 21.2. The summed E-state index contributed by atoms with van der Waals surface area (Å²) in [5.74, 6) is -1.20. The van der Waals surface area contributed by atoms with E-state index in [4.69, 9.17) is 23.2 Å². The van der Waals surface area contributed by atoms with Gasteiger partial charge in [0.05, 0.1) is 21.2 Å². The van der Waals surface area contributed by atoms with Crippen LogP contribution in [0.4, 0.5) is 18.9 Å². The Morgan fingerprint density at radius 1 is 0.978 bits per heavy atom. The highest BCUT2D eigenvalue weighted by Crippen LogP contribution is 2.38. The van der Waals surface area contributed by atoms with Gasteiger partial charge in [-0.2, -0.15) is 13.2 Å². The van der Waals surface area contributed by atoms with Gasteiger partial charge in [0.15, 0.2) is 0 Å². The van der Waals surface area contributed by atoms with Crippen LogP contribution in [0.25, 0.3) is 0 Å². The molecule has 13 heteroatoms. The number of carbonyl (C=O) groups excluding carboxylic acids is 2. The van der Waals surface area contributed by atoms with Crippen molar-refractivity contribution in [2.24, 2.45) is 0 Å². The second kappa shape index (κ2) is 14.4. The Hall–Kier alpha value is -3.28. The quantitative estimate of drug-likeness (QED) is 0.229. The number of aryl methyl sites for hydroxylation is 1. The average molecular weight is 685 g/mol. The Bertz CT molecular complexity index is 1630. The molecule has 1 N–H and O–H groups in total. The number of sulfonamides is 1. The van der Waals surface area contributed by atoms with Crippen LogP contribution in [-0.4, -0.2) is 43.8 Å². The maximum absolute atomic E-state index is 14.2. The van der Waals surface area contributed by atoms with Crippen molar-refractivity contribution < 1.29 is 31.2 Å². The summed E-state index contributed by atoms with van der Waals surface area (Å²) in [6, 6.07) is 14.0. The molecule has 4 rings (SSSR count). The summed E-state index contributed by atoms with van der Waals surface area (Å²) >= 11 is 12.3. The Balaban J connectivity index is 1.79. The van der Waals surface area contributed by atoms with Gasteiger partial charge >= 0.3 is 6.18 Å². The molecule has 3 aromatic rings. The third-order valence-electron chi connectivity index (χ3n) is 7.82. The average Bonchev–Trinajstić information content (AvgIpc) is 3.49. The van der Waals surface area contributed by atoms with Crippen molar-refractivity contribution in [1.29, 1.82) is 0 Å². The number of amides is 2. The highest BCUT2D eigenvalue weighted by Gasteiger charge is 2.37. The number of anilines is 1. The number of benzene rings is 3. The number of hydrogen-bond acceptors (Lipinski definition) is 4. The fraction of sp³-hybridized carbons (Fsp3) is 0.375. The van der Waals surface area contributed by atoms with E-state index >= 15 is 0 Å². The predicted molar refractivity (Wildman–Crippen MR) is 169 cm³/mol. The van der Waals surface area contributed by atoms with E-state index in [-0.39, 0.29) is 23.9 Å². The largest absolute Gasteiger partial charge is 0.417 e. The van der Waals surface area contributed by atoms with E-state index in [0.29, 0.717) is 21.0 Å². The van der Waals surface area contributed by atoms with Crippen LogP contribution in [0.3, 0.4) is 0 Å². The Morgan fingerprint density at radius 2 is 1.62 bits per heavy atom. The lowest BCUT2D eigenvalue weighted by atomic mass is 10.1. The van der Waals surface area contributed by atoms with Crippen LogP contribution >= 0.6 is 23.2 Å². The van der Waals surface area contributed by atoms with Crippen LogP contribution in [0.5, 0.6) is 0 Å². The number of alkyl halides is 3. The molecule has 45 heavy (non-hydrogen) atoms. The van der Waals surface area contributed by atoms with Crippen molar-refractivity contribution in [3.05, 3.63) is 93.5 Å². The molecule has 0 heterocycles. The molecule has 1 fully saturated rings. The summed E-state index contributed by atoms with van der Waals surface area (Å²) in [4.78, 5) is 28.8. The first kappa shape index (κ1) is 34.6. The third kappa shape index (κ3) is 8.31. The minimum atomic E-state index is -4.89. The molecule has 2 amide bonds. The molecule has 1 unspecified atom stereocenters. The van der Waals surface area contributed by atoms with Crippen molar-refractivity contribution in [2.45, 2.75) is 75.7 Å². The number of nitrogens with one attached hydrogen (secondary N) is 1. The molecule has 0 bridgehead atoms. The van der Waals surface area contributed by atoms with Crippen LogP contribution in [0.2, 0.25) is 10.0 Å². The van der Waals surface area contributed by atoms with E-state index in [9.17, 15) is 31.2 Å². The van der Waals surface area contributed by atoms with E-state index in [1.165, 1.54) is 17.0 Å². The van der Waals surface area contributed by atoms with Gasteiger partial charge in [-0.25, -0.2) is 8.42 Å². The van der Waals surface area contributed by atoms with Gasteiger partial charge in [-0.1, -0.05) is 78.9 Å². The van der Waals surface area contributed by atoms with Gasteiger partial charge in [-0.05, 0) is 68.1 Å². The smallest absolute Gasteiger partial charge is 0.352 e. The second-order valence-corrected chi connectivity index (χ2v) is 13.7. The Morgan fingerprint density at radius 3 is 2.22 bits per heavy atom. The number of hydrogen-bond donors (Lipinski definition) is 1. The summed E-state index contributed by atoms with van der Waals surface area (Å²) in [7, 11) is -4.58. The first-order valence-corrected chi connectivity index (χ1v) is 16.7. The lowest BCUT2D eigenvalue weighted by Gasteiger charge is -2.34. The van der Waals surface area contributed by atoms with Gasteiger partial charge in [-0.3, -0.25) is 13.9 Å². The molecule has 0 spiro atoms. The minimum Gasteiger partial charge on any atom is -0.352 e. The molecule has 3 aromatic carbocycles. The molecular weight excluding hydrogens is 650 g/mol. The molecule has 1 saturated carbocycles. The van der Waals surface area contributed by atoms with Crippen LogP contribution < -0.4 is 9.62 Å². The summed E-state index contributed by atoms with van der Waals surface area (Å²) in [6.07, 6.45) is -1.15. The molecule has 0 aliphatic heterocycles. The van der Waals surface area contributed by atoms with E-state index in [2.05, 4.69) is 5.32 Å². The van der Waals surface area contributed by atoms with Crippen molar-refractivity contribution in [3.63, 3.8) is 0 Å². The fourth-order valence-corrected chi connectivity index (χ4v) is 7.18. The monoisotopic (exact) mass is 683 g/mol. The molecule has 1 atom stereocenters. The van der Waals surface area contributed by atoms with Gasteiger partial charge in [0.1, 0.15) is 12.6 Å². The topological polar surface area (TPSA) is 86.8 Å². The van der Waals surface area contributed by atoms with Gasteiger partial charge in [0, 0.05) is 17.6 Å². The number of nitrogens with zero attached hydrogens (tertiary/aromatic N) is 2. The molecule has 0 aromatic heterocycles. The molecular formula is C32H34Cl2F3N3O4S. The second-order valence-electron chi connectivity index (χ2n) is 11.0. The fourth-order valence-electron chi connectivity index (χ4n) is 5.35. The molecule has 242 valence electrons. The van der Waals surface area contributed by atoms with Gasteiger partial charge in [-0.15, -0.1) is 0 Å². The highest BCUT2D eigenvalue weighted by molar-refractivity contribution is 7.92. The molecule has 1 aliphatic rings. The van der Waals surface area contributed by atoms with E-state index in [1.807, 2.05) is 0 Å². The van der Waals surface area contributed by atoms with E-state index < -0.39 is 56.9 Å². The zero-order valence-corrected chi connectivity index (χ0v) is 27.1. The van der Waals surface area contributed by atoms with Gasteiger partial charge < -0.3 is 10.2 Å². The van der Waals surface area contributed by atoms with Crippen molar-refractivity contribution in [1.82, 2.24) is 10.2 Å². The molecule has 0 radical (unpaired) electrons. The lowest BCUT2D eigenvalue weighted by Crippen LogP contribution is -2.53. The SMILES string of the molecule is CCC(C(=O)NC1CCCC1)N(Cc1ccccc1Cl)C(=O)CN(c1ccc(Cl)c(C(F)(F)F)c1)S(=O)(=O)c1ccc(C)cc1. The van der Waals surface area contributed by atoms with Crippen molar-refractivity contribution in [2.75, 3.05) is 10.8 Å². The maximum atomic E-state index is 14.2. The van der Waals surface area contributed by atoms with Gasteiger partial charge in [0.2, 0.25) is 11.8 Å². The summed E-state index contributed by atoms with van der Waals surface area (Å²) in [5, 5.41) is 2.71. The highest BCUT2D eigenvalue weighted by atomic mass is 35.5. The normalized spacial score (nSPS) is 14.6. The Labute approximate surface area is 271 Å². The zero-order chi connectivity index (χ0) is 32.9. The number of carbonyl (C=O) groups is 2. The van der Waals surface area contributed by atoms with Crippen LogP contribution in [0, 0.1) is 6.92 Å². The van der Waals surface area contributed by atoms with Crippen LogP contribution in [-0.2, 0) is 32.3 Å². The number of halogens is 5. The van der Waals surface area contributed by atoms with E-state index in [1.54, 1.807) is 50.2 Å². The molecule has 0 saturated heterocycles. The first-order valence-electron chi connectivity index (χ1n) is 14.5. The number of rotatable bonds is 11.